The fraction of sp³-hybridized carbons (Fsp3) is 0.385. The third-order valence-corrected chi connectivity index (χ3v) is 6.28. The molecule has 2 aromatic carbocycles. The first-order valence-corrected chi connectivity index (χ1v) is 11.4. The summed E-state index contributed by atoms with van der Waals surface area (Å²) in [5.41, 5.74) is 4.55. The minimum Gasteiger partial charge on any atom is -0.487 e. The smallest absolute Gasteiger partial charge is 0.204 e. The molecule has 1 N–H and O–H groups in total. The van der Waals surface area contributed by atoms with Crippen LogP contribution in [0.4, 0.5) is 0 Å². The number of benzene rings is 2. The van der Waals surface area contributed by atoms with Crippen LogP contribution < -0.4 is 4.74 Å². The van der Waals surface area contributed by atoms with Crippen LogP contribution >= 0.6 is 0 Å². The minimum absolute atomic E-state index is 0.363. The Hall–Kier alpha value is -3.28. The quantitative estimate of drug-likeness (QED) is 0.449. The van der Waals surface area contributed by atoms with Crippen molar-refractivity contribution in [3.63, 3.8) is 0 Å². The lowest BCUT2D eigenvalue weighted by Crippen LogP contribution is -2.09. The predicted octanol–water partition coefficient (Wildman–Crippen LogP) is 5.60. The molecule has 3 aromatic rings. The Balaban J connectivity index is 1.52. The molecule has 0 amide bonds. The Bertz CT molecular complexity index is 1020. The maximum absolute atomic E-state index is 5.94. The summed E-state index contributed by atoms with van der Waals surface area (Å²) in [5.74, 6) is 2.64. The van der Waals surface area contributed by atoms with Crippen LogP contribution in [-0.4, -0.2) is 40.0 Å². The maximum atomic E-state index is 5.94. The summed E-state index contributed by atoms with van der Waals surface area (Å²) < 4.78 is 5.94. The highest BCUT2D eigenvalue weighted by Crippen LogP contribution is 2.38. The largest absolute Gasteiger partial charge is 0.487 e. The number of tetrazole rings is 1. The first kappa shape index (κ1) is 21.9. The highest BCUT2D eigenvalue weighted by Gasteiger charge is 2.23. The van der Waals surface area contributed by atoms with Crippen LogP contribution in [0.3, 0.4) is 0 Å². The number of aliphatic imine (C=N–C) groups is 1. The molecular formula is C26H31N5O. The van der Waals surface area contributed by atoms with E-state index in [1.54, 1.807) is 7.05 Å². The molecule has 1 heterocycles. The molecule has 0 saturated heterocycles. The lowest BCUT2D eigenvalue weighted by molar-refractivity contribution is 0.377. The number of aromatic amines is 1. The highest BCUT2D eigenvalue weighted by molar-refractivity contribution is 5.96. The van der Waals surface area contributed by atoms with Gasteiger partial charge in [0.15, 0.2) is 0 Å². The number of hydrogen-bond donors (Lipinski definition) is 1. The van der Waals surface area contributed by atoms with Crippen molar-refractivity contribution < 1.29 is 4.74 Å². The van der Waals surface area contributed by atoms with E-state index < -0.39 is 0 Å². The molecule has 1 saturated carbocycles. The molecule has 0 spiro atoms. The maximum Gasteiger partial charge on any atom is 0.204 e. The van der Waals surface area contributed by atoms with E-state index in [9.17, 15) is 0 Å². The van der Waals surface area contributed by atoms with Crippen molar-refractivity contribution >= 4 is 5.71 Å². The molecule has 6 heteroatoms. The molecule has 1 aromatic heterocycles. The standard InChI is InChI=1S/C26H31N5O/c1-3-6-23(27-2)18-32-24-15-13-21(14-16-24)25(17-19-7-4-5-8-19)20-9-11-22(12-10-20)26-28-30-31-29-26/h3,6,9-16,19,25H,4-5,7-8,17-18H2,1-2H3,(H,28,29,30,31)/b6-3-,27-23?. The van der Waals surface area contributed by atoms with Crippen LogP contribution in [0.25, 0.3) is 11.4 Å². The van der Waals surface area contributed by atoms with Gasteiger partial charge in [0.1, 0.15) is 12.4 Å². The zero-order chi connectivity index (χ0) is 22.2. The minimum atomic E-state index is 0.363. The van der Waals surface area contributed by atoms with Gasteiger partial charge in [0.25, 0.3) is 0 Å². The third-order valence-electron chi connectivity index (χ3n) is 6.28. The van der Waals surface area contributed by atoms with E-state index in [1.165, 1.54) is 43.2 Å². The Morgan fingerprint density at radius 1 is 1.09 bits per heavy atom. The molecular weight excluding hydrogens is 398 g/mol. The van der Waals surface area contributed by atoms with Crippen molar-refractivity contribution in [2.45, 2.75) is 44.9 Å². The van der Waals surface area contributed by atoms with Crippen LogP contribution in [0.1, 0.15) is 56.1 Å². The van der Waals surface area contributed by atoms with E-state index in [1.807, 2.05) is 19.1 Å². The van der Waals surface area contributed by atoms with E-state index in [0.717, 1.165) is 22.9 Å². The topological polar surface area (TPSA) is 76.1 Å². The van der Waals surface area contributed by atoms with Crippen molar-refractivity contribution in [3.8, 4) is 17.1 Å². The Morgan fingerprint density at radius 3 is 2.38 bits per heavy atom. The third kappa shape index (κ3) is 5.49. The molecule has 166 valence electrons. The number of hydrogen-bond acceptors (Lipinski definition) is 5. The number of nitrogens with one attached hydrogen (secondary N) is 1. The van der Waals surface area contributed by atoms with Gasteiger partial charge in [0.2, 0.25) is 5.82 Å². The average Bonchev–Trinajstić information content (AvgIpc) is 3.55. The molecule has 0 aliphatic heterocycles. The predicted molar refractivity (Wildman–Crippen MR) is 128 cm³/mol. The SMILES string of the molecule is C/C=C\C(COc1ccc(C(CC2CCCC2)c2ccc(-c3nn[nH]n3)cc2)cc1)=NC. The number of H-pyrrole nitrogens is 1. The number of ether oxygens (including phenoxy) is 1. The highest BCUT2D eigenvalue weighted by atomic mass is 16.5. The van der Waals surface area contributed by atoms with Gasteiger partial charge < -0.3 is 4.74 Å². The van der Waals surface area contributed by atoms with Crippen LogP contribution in [0, 0.1) is 5.92 Å². The lowest BCUT2D eigenvalue weighted by atomic mass is 9.83. The molecule has 1 unspecified atom stereocenters. The molecule has 0 radical (unpaired) electrons. The van der Waals surface area contributed by atoms with Crippen molar-refractivity contribution in [1.29, 1.82) is 0 Å². The Morgan fingerprint density at radius 2 is 1.78 bits per heavy atom. The van der Waals surface area contributed by atoms with Gasteiger partial charge in [0, 0.05) is 18.5 Å². The van der Waals surface area contributed by atoms with E-state index in [0.29, 0.717) is 18.3 Å². The molecule has 1 aliphatic carbocycles. The van der Waals surface area contributed by atoms with Gasteiger partial charge in [-0.15, -0.1) is 10.2 Å². The Kier molecular flexibility index (Phi) is 7.43. The van der Waals surface area contributed by atoms with Crippen LogP contribution in [-0.2, 0) is 0 Å². The second kappa shape index (κ2) is 10.8. The summed E-state index contributed by atoms with van der Waals surface area (Å²) in [5, 5.41) is 14.4. The van der Waals surface area contributed by atoms with Gasteiger partial charge in [-0.25, -0.2) is 0 Å². The normalized spacial score (nSPS) is 16.0. The van der Waals surface area contributed by atoms with E-state index in [2.05, 4.69) is 74.1 Å². The fourth-order valence-electron chi connectivity index (χ4n) is 4.53. The number of nitrogens with zero attached hydrogens (tertiary/aromatic N) is 4. The average molecular weight is 430 g/mol. The summed E-state index contributed by atoms with van der Waals surface area (Å²) in [6.07, 6.45) is 10.5. The Labute approximate surface area is 189 Å². The van der Waals surface area contributed by atoms with Crippen molar-refractivity contribution in [2.75, 3.05) is 13.7 Å². The monoisotopic (exact) mass is 429 g/mol. The van der Waals surface area contributed by atoms with E-state index >= 15 is 0 Å². The lowest BCUT2D eigenvalue weighted by Gasteiger charge is -2.22. The summed E-state index contributed by atoms with van der Waals surface area (Å²) in [6, 6.07) is 17.2. The molecule has 6 nitrogen and oxygen atoms in total. The zero-order valence-electron chi connectivity index (χ0n) is 18.9. The van der Waals surface area contributed by atoms with E-state index in [-0.39, 0.29) is 0 Å². The summed E-state index contributed by atoms with van der Waals surface area (Å²) >= 11 is 0. The summed E-state index contributed by atoms with van der Waals surface area (Å²) in [4.78, 5) is 4.25. The van der Waals surface area contributed by atoms with Crippen LogP contribution in [0.5, 0.6) is 5.75 Å². The molecule has 1 fully saturated rings. The van der Waals surface area contributed by atoms with Gasteiger partial charge in [-0.3, -0.25) is 4.99 Å². The van der Waals surface area contributed by atoms with Gasteiger partial charge in [0.05, 0.1) is 5.71 Å². The molecule has 1 aliphatic rings. The van der Waals surface area contributed by atoms with Crippen molar-refractivity contribution in [3.05, 3.63) is 71.8 Å². The fourth-order valence-corrected chi connectivity index (χ4v) is 4.53. The molecule has 0 bridgehead atoms. The molecule has 4 rings (SSSR count). The first-order valence-electron chi connectivity index (χ1n) is 11.4. The molecule has 32 heavy (non-hydrogen) atoms. The van der Waals surface area contributed by atoms with Gasteiger partial charge in [-0.2, -0.15) is 5.21 Å². The van der Waals surface area contributed by atoms with Gasteiger partial charge in [-0.1, -0.05) is 68.2 Å². The number of allylic oxidation sites excluding steroid dienone is 1. The van der Waals surface area contributed by atoms with Gasteiger partial charge in [-0.05, 0) is 53.8 Å². The van der Waals surface area contributed by atoms with Gasteiger partial charge >= 0.3 is 0 Å². The number of aromatic nitrogens is 4. The summed E-state index contributed by atoms with van der Waals surface area (Å²) in [7, 11) is 1.79. The second-order valence-corrected chi connectivity index (χ2v) is 8.37. The van der Waals surface area contributed by atoms with Crippen LogP contribution in [0.2, 0.25) is 0 Å². The van der Waals surface area contributed by atoms with Crippen molar-refractivity contribution in [2.24, 2.45) is 10.9 Å². The van der Waals surface area contributed by atoms with E-state index in [4.69, 9.17) is 4.74 Å². The number of rotatable bonds is 9. The van der Waals surface area contributed by atoms with Crippen LogP contribution in [0.15, 0.2) is 65.7 Å². The second-order valence-electron chi connectivity index (χ2n) is 8.37. The first-order chi connectivity index (χ1) is 15.8. The van der Waals surface area contributed by atoms with Crippen molar-refractivity contribution in [1.82, 2.24) is 20.6 Å². The zero-order valence-corrected chi connectivity index (χ0v) is 18.9. The molecule has 1 atom stereocenters. The summed E-state index contributed by atoms with van der Waals surface area (Å²) in [6.45, 7) is 2.46.